The number of benzene rings is 1. The fraction of sp³-hybridized carbons (Fsp3) is 0.556. The highest BCUT2D eigenvalue weighted by Crippen LogP contribution is 2.09. The molecule has 1 unspecified atom stereocenters. The average molecular weight is 304 g/mol. The lowest BCUT2D eigenvalue weighted by Gasteiger charge is -2.22. The number of hydrogen-bond donors (Lipinski definition) is 2. The molecule has 2 N–H and O–H groups in total. The van der Waals surface area contributed by atoms with Crippen molar-refractivity contribution >= 4 is 11.8 Å². The third kappa shape index (κ3) is 5.51. The Hall–Kier alpha value is -1.84. The predicted octanol–water partition coefficient (Wildman–Crippen LogP) is 3.06. The molecule has 22 heavy (non-hydrogen) atoms. The fourth-order valence-corrected chi connectivity index (χ4v) is 2.28. The maximum atomic E-state index is 12.4. The molecule has 122 valence electrons. The van der Waals surface area contributed by atoms with Crippen molar-refractivity contribution in [3.8, 4) is 0 Å². The summed E-state index contributed by atoms with van der Waals surface area (Å²) in [6.45, 7) is 8.56. The number of hydrogen-bond acceptors (Lipinski definition) is 2. The van der Waals surface area contributed by atoms with Crippen LogP contribution in [0.5, 0.6) is 0 Å². The van der Waals surface area contributed by atoms with Gasteiger partial charge in [-0.25, -0.2) is 0 Å². The van der Waals surface area contributed by atoms with Crippen LogP contribution >= 0.6 is 0 Å². The van der Waals surface area contributed by atoms with Gasteiger partial charge in [-0.05, 0) is 30.9 Å². The molecule has 0 saturated carbocycles. The van der Waals surface area contributed by atoms with Gasteiger partial charge in [-0.15, -0.1) is 0 Å². The van der Waals surface area contributed by atoms with Crippen molar-refractivity contribution in [3.63, 3.8) is 0 Å². The summed E-state index contributed by atoms with van der Waals surface area (Å²) in [6, 6.07) is 6.89. The molecule has 0 aliphatic carbocycles. The summed E-state index contributed by atoms with van der Waals surface area (Å²) in [5, 5.41) is 5.78. The van der Waals surface area contributed by atoms with Gasteiger partial charge in [0.05, 0.1) is 0 Å². The summed E-state index contributed by atoms with van der Waals surface area (Å²) in [4.78, 5) is 24.6. The highest BCUT2D eigenvalue weighted by atomic mass is 16.2. The van der Waals surface area contributed by atoms with E-state index in [2.05, 4.69) is 17.6 Å². The molecule has 1 atom stereocenters. The van der Waals surface area contributed by atoms with Gasteiger partial charge < -0.3 is 10.6 Å². The number of aryl methyl sites for hydroxylation is 1. The number of unbranched alkanes of at least 4 members (excludes halogenated alkanes) is 2. The lowest BCUT2D eigenvalue weighted by atomic mass is 10.0. The fourth-order valence-electron chi connectivity index (χ4n) is 2.28. The van der Waals surface area contributed by atoms with E-state index < -0.39 is 6.04 Å². The van der Waals surface area contributed by atoms with Crippen molar-refractivity contribution in [1.29, 1.82) is 0 Å². The van der Waals surface area contributed by atoms with E-state index >= 15 is 0 Å². The van der Waals surface area contributed by atoms with E-state index in [1.807, 2.05) is 39.0 Å². The number of amides is 2. The molecular formula is C18H28N2O2. The van der Waals surface area contributed by atoms with Gasteiger partial charge in [0.15, 0.2) is 0 Å². The van der Waals surface area contributed by atoms with Crippen LogP contribution in [0.4, 0.5) is 0 Å². The van der Waals surface area contributed by atoms with E-state index in [0.29, 0.717) is 12.1 Å². The van der Waals surface area contributed by atoms with E-state index in [0.717, 1.165) is 24.8 Å². The molecule has 0 radical (unpaired) electrons. The van der Waals surface area contributed by atoms with Crippen LogP contribution in [-0.4, -0.2) is 24.4 Å². The molecule has 4 nitrogen and oxygen atoms in total. The summed E-state index contributed by atoms with van der Waals surface area (Å²) >= 11 is 0. The quantitative estimate of drug-likeness (QED) is 0.725. The van der Waals surface area contributed by atoms with E-state index in [9.17, 15) is 9.59 Å². The second-order valence-electron chi connectivity index (χ2n) is 6.01. The molecule has 1 aromatic rings. The van der Waals surface area contributed by atoms with Crippen LogP contribution < -0.4 is 10.6 Å². The zero-order chi connectivity index (χ0) is 16.5. The van der Waals surface area contributed by atoms with E-state index in [1.165, 1.54) is 0 Å². The minimum absolute atomic E-state index is 0.0409. The zero-order valence-corrected chi connectivity index (χ0v) is 14.1. The topological polar surface area (TPSA) is 58.2 Å². The van der Waals surface area contributed by atoms with Crippen molar-refractivity contribution in [2.75, 3.05) is 6.54 Å². The highest BCUT2D eigenvalue weighted by Gasteiger charge is 2.24. The molecule has 0 bridgehead atoms. The molecule has 0 aliphatic heterocycles. The molecule has 0 aliphatic rings. The molecule has 0 spiro atoms. The first-order valence-corrected chi connectivity index (χ1v) is 8.11. The Kier molecular flexibility index (Phi) is 7.64. The molecule has 0 aromatic heterocycles. The summed E-state index contributed by atoms with van der Waals surface area (Å²) in [7, 11) is 0. The normalized spacial score (nSPS) is 12.0. The van der Waals surface area contributed by atoms with Gasteiger partial charge in [0.2, 0.25) is 5.91 Å². The lowest BCUT2D eigenvalue weighted by Crippen LogP contribution is -2.50. The van der Waals surface area contributed by atoms with Crippen molar-refractivity contribution in [2.24, 2.45) is 5.92 Å². The van der Waals surface area contributed by atoms with Crippen LogP contribution in [0.2, 0.25) is 0 Å². The molecule has 0 heterocycles. The lowest BCUT2D eigenvalue weighted by molar-refractivity contribution is -0.123. The predicted molar refractivity (Wildman–Crippen MR) is 89.8 cm³/mol. The van der Waals surface area contributed by atoms with Gasteiger partial charge in [0.1, 0.15) is 6.04 Å². The number of carbonyl (C=O) groups is 2. The van der Waals surface area contributed by atoms with Crippen molar-refractivity contribution in [2.45, 2.75) is 53.0 Å². The standard InChI is InChI=1S/C18H28N2O2/c1-5-6-9-12-19-18(22)16(13(2)3)20-17(21)15-11-8-7-10-14(15)4/h7-8,10-11,13,16H,5-6,9,12H2,1-4H3,(H,19,22)(H,20,21). The van der Waals surface area contributed by atoms with E-state index in [4.69, 9.17) is 0 Å². The van der Waals surface area contributed by atoms with Crippen molar-refractivity contribution in [1.82, 2.24) is 10.6 Å². The molecule has 0 fully saturated rings. The SMILES string of the molecule is CCCCCNC(=O)C(NC(=O)c1ccccc1C)C(C)C. The van der Waals surface area contributed by atoms with Crippen LogP contribution in [0.25, 0.3) is 0 Å². The third-order valence-electron chi connectivity index (χ3n) is 3.70. The number of nitrogens with one attached hydrogen (secondary N) is 2. The highest BCUT2D eigenvalue weighted by molar-refractivity contribution is 5.98. The van der Waals surface area contributed by atoms with Crippen molar-refractivity contribution < 1.29 is 9.59 Å². The smallest absolute Gasteiger partial charge is 0.252 e. The van der Waals surface area contributed by atoms with Gasteiger partial charge in [0, 0.05) is 12.1 Å². The van der Waals surface area contributed by atoms with Crippen LogP contribution in [0.3, 0.4) is 0 Å². The molecule has 4 heteroatoms. The van der Waals surface area contributed by atoms with Crippen LogP contribution in [-0.2, 0) is 4.79 Å². The second kappa shape index (κ2) is 9.23. The van der Waals surface area contributed by atoms with E-state index in [-0.39, 0.29) is 17.7 Å². The second-order valence-corrected chi connectivity index (χ2v) is 6.01. The van der Waals surface area contributed by atoms with Crippen LogP contribution in [0.1, 0.15) is 56.0 Å². The summed E-state index contributed by atoms with van der Waals surface area (Å²) in [6.07, 6.45) is 3.19. The third-order valence-corrected chi connectivity index (χ3v) is 3.70. The Bertz CT molecular complexity index is 498. The molecular weight excluding hydrogens is 276 g/mol. The maximum absolute atomic E-state index is 12.4. The van der Waals surface area contributed by atoms with Crippen LogP contribution in [0, 0.1) is 12.8 Å². The summed E-state index contributed by atoms with van der Waals surface area (Å²) in [5.74, 6) is -0.257. The molecule has 2 amide bonds. The van der Waals surface area contributed by atoms with Gasteiger partial charge in [0.25, 0.3) is 5.91 Å². The first-order chi connectivity index (χ1) is 10.5. The van der Waals surface area contributed by atoms with E-state index in [1.54, 1.807) is 6.07 Å². The van der Waals surface area contributed by atoms with Gasteiger partial charge >= 0.3 is 0 Å². The molecule has 1 aromatic carbocycles. The molecule has 1 rings (SSSR count). The first kappa shape index (κ1) is 18.2. The van der Waals surface area contributed by atoms with Crippen molar-refractivity contribution in [3.05, 3.63) is 35.4 Å². The Morgan fingerprint density at radius 1 is 1.14 bits per heavy atom. The van der Waals surface area contributed by atoms with Gasteiger partial charge in [-0.3, -0.25) is 9.59 Å². The Labute approximate surface area is 133 Å². The number of carbonyl (C=O) groups excluding carboxylic acids is 2. The first-order valence-electron chi connectivity index (χ1n) is 8.11. The molecule has 0 saturated heterocycles. The van der Waals surface area contributed by atoms with Gasteiger partial charge in [-0.1, -0.05) is 51.8 Å². The minimum Gasteiger partial charge on any atom is -0.354 e. The summed E-state index contributed by atoms with van der Waals surface area (Å²) < 4.78 is 0. The largest absolute Gasteiger partial charge is 0.354 e. The Morgan fingerprint density at radius 3 is 2.41 bits per heavy atom. The maximum Gasteiger partial charge on any atom is 0.252 e. The Balaban J connectivity index is 2.66. The van der Waals surface area contributed by atoms with Gasteiger partial charge in [-0.2, -0.15) is 0 Å². The zero-order valence-electron chi connectivity index (χ0n) is 14.1. The average Bonchev–Trinajstić information content (AvgIpc) is 2.49. The summed E-state index contributed by atoms with van der Waals surface area (Å²) in [5.41, 5.74) is 1.53. The Morgan fingerprint density at radius 2 is 1.82 bits per heavy atom. The minimum atomic E-state index is -0.506. The number of rotatable bonds is 8. The monoisotopic (exact) mass is 304 g/mol. The van der Waals surface area contributed by atoms with Crippen LogP contribution in [0.15, 0.2) is 24.3 Å².